The van der Waals surface area contributed by atoms with Gasteiger partial charge in [-0.3, -0.25) is 4.90 Å². The molecule has 0 saturated carbocycles. The van der Waals surface area contributed by atoms with E-state index in [1.165, 1.54) is 30.6 Å². The number of hydrogen-bond donors (Lipinski definition) is 1. The molecule has 1 aromatic carbocycles. The second-order valence-corrected chi connectivity index (χ2v) is 6.71. The summed E-state index contributed by atoms with van der Waals surface area (Å²) in [7, 11) is 2.18. The first kappa shape index (κ1) is 15.8. The number of benzene rings is 1. The summed E-state index contributed by atoms with van der Waals surface area (Å²) in [5.41, 5.74) is 8.58. The molecule has 1 saturated heterocycles. The fraction of sp³-hybridized carbons (Fsp3) is 0.625. The lowest BCUT2D eigenvalue weighted by Gasteiger charge is -2.31. The number of likely N-dealkylation sites (N-methyl/N-ethyl adjacent to an activating group) is 2. The minimum atomic E-state index is 0.0615. The zero-order valence-electron chi connectivity index (χ0n) is 12.8. The van der Waals surface area contributed by atoms with Gasteiger partial charge in [0.2, 0.25) is 0 Å². The van der Waals surface area contributed by atoms with Crippen LogP contribution >= 0.6 is 15.9 Å². The maximum absolute atomic E-state index is 6.11. The molecule has 2 atom stereocenters. The van der Waals surface area contributed by atoms with Crippen molar-refractivity contribution in [1.82, 2.24) is 4.90 Å². The van der Waals surface area contributed by atoms with E-state index in [-0.39, 0.29) is 6.04 Å². The van der Waals surface area contributed by atoms with Crippen LogP contribution in [0.4, 0.5) is 5.69 Å². The molecule has 2 rings (SSSR count). The zero-order chi connectivity index (χ0) is 14.7. The normalized spacial score (nSPS) is 21.1. The Morgan fingerprint density at radius 2 is 2.25 bits per heavy atom. The topological polar surface area (TPSA) is 32.5 Å². The van der Waals surface area contributed by atoms with Crippen LogP contribution in [0.15, 0.2) is 22.7 Å². The maximum Gasteiger partial charge on any atom is 0.0423 e. The van der Waals surface area contributed by atoms with Crippen LogP contribution < -0.4 is 10.6 Å². The Bertz CT molecular complexity index is 447. The number of rotatable bonds is 5. The van der Waals surface area contributed by atoms with Gasteiger partial charge in [0, 0.05) is 35.8 Å². The zero-order valence-corrected chi connectivity index (χ0v) is 14.4. The van der Waals surface area contributed by atoms with Gasteiger partial charge in [0.15, 0.2) is 0 Å². The van der Waals surface area contributed by atoms with Crippen LogP contribution in [-0.4, -0.2) is 37.6 Å². The molecular weight excluding hydrogens is 314 g/mol. The number of anilines is 1. The van der Waals surface area contributed by atoms with Gasteiger partial charge in [0.25, 0.3) is 0 Å². The molecule has 3 nitrogen and oxygen atoms in total. The summed E-state index contributed by atoms with van der Waals surface area (Å²) in [6, 6.07) is 7.12. The highest BCUT2D eigenvalue weighted by Crippen LogP contribution is 2.29. The van der Waals surface area contributed by atoms with E-state index < -0.39 is 0 Å². The number of halogens is 1. The third-order valence-corrected chi connectivity index (χ3v) is 4.78. The predicted molar refractivity (Wildman–Crippen MR) is 90.3 cm³/mol. The first-order chi connectivity index (χ1) is 9.52. The monoisotopic (exact) mass is 339 g/mol. The average Bonchev–Trinajstić information content (AvgIpc) is 2.85. The number of hydrogen-bond acceptors (Lipinski definition) is 3. The first-order valence-electron chi connectivity index (χ1n) is 7.53. The number of nitrogens with two attached hydrogens (primary N) is 1. The number of nitrogens with zero attached hydrogens (tertiary/aromatic N) is 2. The standard InChI is InChI=1S/C16H26BrN3/c1-4-20-9-5-6-14(20)11-19(3)16-10-13(17)7-8-15(16)12(2)18/h7-8,10,12,14H,4-6,9,11,18H2,1-3H3. The molecule has 20 heavy (non-hydrogen) atoms. The van der Waals surface area contributed by atoms with Crippen LogP contribution in [0.2, 0.25) is 0 Å². The predicted octanol–water partition coefficient (Wildman–Crippen LogP) is 3.39. The molecule has 0 bridgehead atoms. The summed E-state index contributed by atoms with van der Waals surface area (Å²) in [6.45, 7) is 7.77. The maximum atomic E-state index is 6.11. The smallest absolute Gasteiger partial charge is 0.0423 e. The van der Waals surface area contributed by atoms with E-state index in [9.17, 15) is 0 Å². The Kier molecular flexibility index (Phi) is 5.47. The molecule has 0 spiro atoms. The molecule has 2 unspecified atom stereocenters. The SMILES string of the molecule is CCN1CCCC1CN(C)c1cc(Br)ccc1C(C)N. The fourth-order valence-corrected chi connectivity index (χ4v) is 3.51. The molecule has 2 N–H and O–H groups in total. The molecule has 112 valence electrons. The molecule has 0 radical (unpaired) electrons. The molecule has 0 aromatic heterocycles. The molecule has 0 aliphatic carbocycles. The van der Waals surface area contributed by atoms with Crippen LogP contribution in [0.25, 0.3) is 0 Å². The van der Waals surface area contributed by atoms with Crippen molar-refractivity contribution in [2.24, 2.45) is 5.73 Å². The minimum absolute atomic E-state index is 0.0615. The molecule has 1 aromatic rings. The van der Waals surface area contributed by atoms with Crippen molar-refractivity contribution in [1.29, 1.82) is 0 Å². The Hall–Kier alpha value is -0.580. The molecule has 1 fully saturated rings. The van der Waals surface area contributed by atoms with Crippen LogP contribution in [-0.2, 0) is 0 Å². The van der Waals surface area contributed by atoms with E-state index in [1.807, 2.05) is 0 Å². The molecule has 1 aliphatic rings. The van der Waals surface area contributed by atoms with Gasteiger partial charge in [-0.15, -0.1) is 0 Å². The molecule has 4 heteroatoms. The van der Waals surface area contributed by atoms with Gasteiger partial charge in [-0.1, -0.05) is 28.9 Å². The highest BCUT2D eigenvalue weighted by atomic mass is 79.9. The van der Waals surface area contributed by atoms with Crippen LogP contribution in [0.1, 0.15) is 38.3 Å². The summed E-state index contributed by atoms with van der Waals surface area (Å²) in [5.74, 6) is 0. The van der Waals surface area contributed by atoms with E-state index in [4.69, 9.17) is 5.73 Å². The second-order valence-electron chi connectivity index (χ2n) is 5.80. The fourth-order valence-electron chi connectivity index (χ4n) is 3.17. The Morgan fingerprint density at radius 1 is 1.50 bits per heavy atom. The molecular formula is C16H26BrN3. The molecule has 1 heterocycles. The van der Waals surface area contributed by atoms with Gasteiger partial charge < -0.3 is 10.6 Å². The van der Waals surface area contributed by atoms with Crippen molar-refractivity contribution in [3.63, 3.8) is 0 Å². The molecule has 0 amide bonds. The summed E-state index contributed by atoms with van der Waals surface area (Å²) < 4.78 is 1.11. The van der Waals surface area contributed by atoms with Gasteiger partial charge >= 0.3 is 0 Å². The van der Waals surface area contributed by atoms with E-state index in [1.54, 1.807) is 0 Å². The highest BCUT2D eigenvalue weighted by Gasteiger charge is 2.25. The van der Waals surface area contributed by atoms with Gasteiger partial charge in [-0.05, 0) is 50.6 Å². The third kappa shape index (κ3) is 3.54. The van der Waals surface area contributed by atoms with Gasteiger partial charge in [0.05, 0.1) is 0 Å². The number of likely N-dealkylation sites (tertiary alicyclic amines) is 1. The summed E-state index contributed by atoms with van der Waals surface area (Å²) in [6.07, 6.45) is 2.63. The Morgan fingerprint density at radius 3 is 2.90 bits per heavy atom. The van der Waals surface area contributed by atoms with Crippen LogP contribution in [0.5, 0.6) is 0 Å². The molecule has 1 aliphatic heterocycles. The highest BCUT2D eigenvalue weighted by molar-refractivity contribution is 9.10. The van der Waals surface area contributed by atoms with Crippen molar-refractivity contribution < 1.29 is 0 Å². The van der Waals surface area contributed by atoms with Crippen molar-refractivity contribution in [3.8, 4) is 0 Å². The van der Waals surface area contributed by atoms with E-state index in [0.717, 1.165) is 17.6 Å². The van der Waals surface area contributed by atoms with Crippen molar-refractivity contribution in [2.75, 3.05) is 31.6 Å². The minimum Gasteiger partial charge on any atom is -0.373 e. The van der Waals surface area contributed by atoms with Gasteiger partial charge in [-0.25, -0.2) is 0 Å². The Balaban J connectivity index is 2.16. The van der Waals surface area contributed by atoms with Gasteiger partial charge in [-0.2, -0.15) is 0 Å². The van der Waals surface area contributed by atoms with Crippen molar-refractivity contribution in [3.05, 3.63) is 28.2 Å². The van der Waals surface area contributed by atoms with Gasteiger partial charge in [0.1, 0.15) is 0 Å². The average molecular weight is 340 g/mol. The van der Waals surface area contributed by atoms with Crippen molar-refractivity contribution in [2.45, 2.75) is 38.8 Å². The summed E-state index contributed by atoms with van der Waals surface area (Å²) in [4.78, 5) is 4.95. The quantitative estimate of drug-likeness (QED) is 0.892. The largest absolute Gasteiger partial charge is 0.373 e. The third-order valence-electron chi connectivity index (χ3n) is 4.28. The summed E-state index contributed by atoms with van der Waals surface area (Å²) in [5, 5.41) is 0. The lowest BCUT2D eigenvalue weighted by Crippen LogP contribution is -2.39. The van der Waals surface area contributed by atoms with E-state index in [2.05, 4.69) is 64.8 Å². The van der Waals surface area contributed by atoms with Crippen LogP contribution in [0, 0.1) is 0 Å². The second kappa shape index (κ2) is 6.92. The lowest BCUT2D eigenvalue weighted by molar-refractivity contribution is 0.270. The van der Waals surface area contributed by atoms with E-state index in [0.29, 0.717) is 6.04 Å². The lowest BCUT2D eigenvalue weighted by atomic mass is 10.1. The summed E-state index contributed by atoms with van der Waals surface area (Å²) >= 11 is 3.57. The Labute approximate surface area is 131 Å². The first-order valence-corrected chi connectivity index (χ1v) is 8.32. The van der Waals surface area contributed by atoms with Crippen LogP contribution in [0.3, 0.4) is 0 Å². The van der Waals surface area contributed by atoms with Crippen molar-refractivity contribution >= 4 is 21.6 Å². The van der Waals surface area contributed by atoms with E-state index >= 15 is 0 Å².